The van der Waals surface area contributed by atoms with E-state index in [0.717, 1.165) is 5.92 Å². The molecule has 70 valence electrons. The van der Waals surface area contributed by atoms with Crippen LogP contribution in [0.4, 0.5) is 0 Å². The van der Waals surface area contributed by atoms with Gasteiger partial charge < -0.3 is 0 Å². The van der Waals surface area contributed by atoms with Gasteiger partial charge in [-0.1, -0.05) is 39.2 Å². The summed E-state index contributed by atoms with van der Waals surface area (Å²) in [6.45, 7) is 8.72. The second-order valence-electron chi connectivity index (χ2n) is 4.96. The van der Waals surface area contributed by atoms with E-state index in [1.165, 1.54) is 38.5 Å². The highest BCUT2D eigenvalue weighted by atomic mass is 14.3. The number of rotatable bonds is 1. The van der Waals surface area contributed by atoms with Crippen molar-refractivity contribution in [2.45, 2.75) is 52.4 Å². The highest BCUT2D eigenvalue weighted by Gasteiger charge is 2.22. The number of hydrogen-bond donors (Lipinski definition) is 0. The predicted octanol–water partition coefficient (Wildman–Crippen LogP) is 4.17. The van der Waals surface area contributed by atoms with E-state index in [1.807, 2.05) is 0 Å². The molecule has 0 aliphatic heterocycles. The fourth-order valence-corrected chi connectivity index (χ4v) is 2.30. The minimum atomic E-state index is 0.555. The third-order valence-corrected chi connectivity index (χ3v) is 3.08. The lowest BCUT2D eigenvalue weighted by atomic mass is 9.75. The molecule has 0 heterocycles. The summed E-state index contributed by atoms with van der Waals surface area (Å²) in [7, 11) is 0. The molecular formula is C12H22. The van der Waals surface area contributed by atoms with Crippen molar-refractivity contribution in [1.29, 1.82) is 0 Å². The van der Waals surface area contributed by atoms with Crippen LogP contribution in [0.25, 0.3) is 0 Å². The Morgan fingerprint density at radius 1 is 1.25 bits per heavy atom. The lowest BCUT2D eigenvalue weighted by Gasteiger charge is -2.30. The van der Waals surface area contributed by atoms with E-state index in [2.05, 4.69) is 26.5 Å². The van der Waals surface area contributed by atoms with E-state index in [1.54, 1.807) is 0 Å². The zero-order chi connectivity index (χ0) is 9.03. The van der Waals surface area contributed by atoms with Crippen LogP contribution >= 0.6 is 0 Å². The van der Waals surface area contributed by atoms with Gasteiger partial charge in [-0.25, -0.2) is 0 Å². The molecule has 0 aromatic heterocycles. The summed E-state index contributed by atoms with van der Waals surface area (Å²) >= 11 is 0. The van der Waals surface area contributed by atoms with Crippen LogP contribution in [0.2, 0.25) is 0 Å². The van der Waals surface area contributed by atoms with Crippen LogP contribution in [-0.4, -0.2) is 0 Å². The second-order valence-corrected chi connectivity index (χ2v) is 4.96. The minimum absolute atomic E-state index is 0.555. The van der Waals surface area contributed by atoms with Crippen LogP contribution in [0, 0.1) is 11.3 Å². The zero-order valence-electron chi connectivity index (χ0n) is 8.60. The van der Waals surface area contributed by atoms with E-state index < -0.39 is 0 Å². The van der Waals surface area contributed by atoms with E-state index in [9.17, 15) is 0 Å². The molecule has 1 aliphatic rings. The third-order valence-electron chi connectivity index (χ3n) is 3.08. The Kier molecular flexibility index (Phi) is 3.37. The molecule has 1 unspecified atom stereocenters. The Morgan fingerprint density at radius 3 is 2.67 bits per heavy atom. The number of allylic oxidation sites excluding steroid dienone is 1. The fraction of sp³-hybridized carbons (Fsp3) is 0.833. The summed E-state index contributed by atoms with van der Waals surface area (Å²) in [5.74, 6) is 0.778. The van der Waals surface area contributed by atoms with Crippen molar-refractivity contribution in [3.05, 3.63) is 12.7 Å². The van der Waals surface area contributed by atoms with Gasteiger partial charge in [0.25, 0.3) is 0 Å². The van der Waals surface area contributed by atoms with Crippen LogP contribution in [0.3, 0.4) is 0 Å². The first kappa shape index (κ1) is 9.83. The first-order valence-electron chi connectivity index (χ1n) is 5.27. The molecule has 0 heteroatoms. The van der Waals surface area contributed by atoms with Crippen LogP contribution in [0.15, 0.2) is 12.7 Å². The molecule has 0 aromatic rings. The molecule has 1 atom stereocenters. The van der Waals surface area contributed by atoms with E-state index in [4.69, 9.17) is 0 Å². The predicted molar refractivity (Wildman–Crippen MR) is 55.2 cm³/mol. The van der Waals surface area contributed by atoms with E-state index in [-0.39, 0.29) is 0 Å². The van der Waals surface area contributed by atoms with Crippen molar-refractivity contribution in [1.82, 2.24) is 0 Å². The van der Waals surface area contributed by atoms with Crippen molar-refractivity contribution in [3.8, 4) is 0 Å². The molecule has 12 heavy (non-hydrogen) atoms. The molecule has 0 radical (unpaired) electrons. The van der Waals surface area contributed by atoms with Gasteiger partial charge in [-0.15, -0.1) is 6.58 Å². The summed E-state index contributed by atoms with van der Waals surface area (Å²) in [5.41, 5.74) is 0.555. The summed E-state index contributed by atoms with van der Waals surface area (Å²) in [6.07, 6.45) is 10.5. The van der Waals surface area contributed by atoms with Gasteiger partial charge in [0.05, 0.1) is 0 Å². The van der Waals surface area contributed by atoms with E-state index in [0.29, 0.717) is 5.41 Å². The Morgan fingerprint density at radius 2 is 2.00 bits per heavy atom. The van der Waals surface area contributed by atoms with Gasteiger partial charge >= 0.3 is 0 Å². The maximum Gasteiger partial charge on any atom is -0.0231 e. The van der Waals surface area contributed by atoms with Gasteiger partial charge in [0.15, 0.2) is 0 Å². The first-order valence-corrected chi connectivity index (χ1v) is 5.27. The molecule has 0 N–H and O–H groups in total. The van der Waals surface area contributed by atoms with Crippen molar-refractivity contribution >= 4 is 0 Å². The van der Waals surface area contributed by atoms with Gasteiger partial charge in [0, 0.05) is 0 Å². The average Bonchev–Trinajstić information content (AvgIpc) is 1.97. The fourth-order valence-electron chi connectivity index (χ4n) is 2.30. The molecule has 0 bridgehead atoms. The van der Waals surface area contributed by atoms with Crippen molar-refractivity contribution in [2.75, 3.05) is 0 Å². The molecule has 1 fully saturated rings. The van der Waals surface area contributed by atoms with Gasteiger partial charge in [0.1, 0.15) is 0 Å². The zero-order valence-corrected chi connectivity index (χ0v) is 8.60. The topological polar surface area (TPSA) is 0 Å². The molecule has 0 aromatic carbocycles. The molecule has 0 nitrogen and oxygen atoms in total. The molecule has 1 saturated carbocycles. The van der Waals surface area contributed by atoms with Gasteiger partial charge in [-0.05, 0) is 30.6 Å². The average molecular weight is 166 g/mol. The van der Waals surface area contributed by atoms with E-state index >= 15 is 0 Å². The van der Waals surface area contributed by atoms with Gasteiger partial charge in [0.2, 0.25) is 0 Å². The van der Waals surface area contributed by atoms with Crippen molar-refractivity contribution < 1.29 is 0 Å². The minimum Gasteiger partial charge on any atom is -0.103 e. The maximum atomic E-state index is 3.92. The Labute approximate surface area is 77.1 Å². The third kappa shape index (κ3) is 3.00. The highest BCUT2D eigenvalue weighted by Crippen LogP contribution is 2.36. The van der Waals surface area contributed by atoms with Crippen LogP contribution in [0.5, 0.6) is 0 Å². The second kappa shape index (κ2) is 4.11. The Bertz CT molecular complexity index is 144. The lowest BCUT2D eigenvalue weighted by molar-refractivity contribution is 0.234. The summed E-state index contributed by atoms with van der Waals surface area (Å²) in [4.78, 5) is 0. The summed E-state index contributed by atoms with van der Waals surface area (Å²) in [5, 5.41) is 0. The van der Waals surface area contributed by atoms with Crippen molar-refractivity contribution in [3.63, 3.8) is 0 Å². The normalized spacial score (nSPS) is 30.3. The largest absolute Gasteiger partial charge is 0.103 e. The standard InChI is InChI=1S/C12H22/c1-4-11-8-6-5-7-9-12(2,3)10-11/h4,11H,1,5-10H2,2-3H3. The first-order chi connectivity index (χ1) is 5.64. The van der Waals surface area contributed by atoms with Gasteiger partial charge in [-0.2, -0.15) is 0 Å². The quantitative estimate of drug-likeness (QED) is 0.513. The Hall–Kier alpha value is -0.260. The lowest BCUT2D eigenvalue weighted by Crippen LogP contribution is -2.18. The Balaban J connectivity index is 2.50. The summed E-state index contributed by atoms with van der Waals surface area (Å²) < 4.78 is 0. The van der Waals surface area contributed by atoms with Crippen LogP contribution < -0.4 is 0 Å². The van der Waals surface area contributed by atoms with Crippen molar-refractivity contribution in [2.24, 2.45) is 11.3 Å². The molecule has 0 spiro atoms. The summed E-state index contributed by atoms with van der Waals surface area (Å²) in [6, 6.07) is 0. The molecular weight excluding hydrogens is 144 g/mol. The molecule has 0 saturated heterocycles. The number of hydrogen-bond acceptors (Lipinski definition) is 0. The molecule has 0 amide bonds. The molecule has 1 rings (SSSR count). The monoisotopic (exact) mass is 166 g/mol. The smallest absolute Gasteiger partial charge is 0.0231 e. The van der Waals surface area contributed by atoms with Crippen LogP contribution in [-0.2, 0) is 0 Å². The maximum absolute atomic E-state index is 3.92. The molecule has 1 aliphatic carbocycles. The van der Waals surface area contributed by atoms with Crippen LogP contribution in [0.1, 0.15) is 52.4 Å². The van der Waals surface area contributed by atoms with Gasteiger partial charge in [-0.3, -0.25) is 0 Å². The SMILES string of the molecule is C=CC1CCCCCC(C)(C)C1. The highest BCUT2D eigenvalue weighted by molar-refractivity contribution is 4.85.